The van der Waals surface area contributed by atoms with Crippen LogP contribution < -0.4 is 13.6 Å². The number of hydrogen-bond donors (Lipinski definition) is 0. The molecule has 3 aromatic carbocycles. The van der Waals surface area contributed by atoms with Gasteiger partial charge < -0.3 is 13.6 Å². The summed E-state index contributed by atoms with van der Waals surface area (Å²) in [5.74, 6) is 3.38. The van der Waals surface area contributed by atoms with Crippen LogP contribution in [0.2, 0.25) is 0 Å². The molecular weight excluding hydrogens is 836 g/mol. The number of rotatable bonds is 36. The van der Waals surface area contributed by atoms with Crippen molar-refractivity contribution in [1.29, 1.82) is 0 Å². The van der Waals surface area contributed by atoms with Crippen LogP contribution in [-0.4, -0.2) is 0 Å². The molecule has 0 spiro atoms. The lowest BCUT2D eigenvalue weighted by molar-refractivity contribution is 0.379. The van der Waals surface area contributed by atoms with Crippen molar-refractivity contribution >= 4 is 8.60 Å². The molecule has 3 aromatic rings. The van der Waals surface area contributed by atoms with E-state index < -0.39 is 8.60 Å². The molecule has 0 aliphatic carbocycles. The summed E-state index contributed by atoms with van der Waals surface area (Å²) in [6.07, 6.45) is 31.6. The highest BCUT2D eigenvalue weighted by molar-refractivity contribution is 7.43. The Kier molecular flexibility index (Phi) is 26.6. The van der Waals surface area contributed by atoms with E-state index in [0.717, 1.165) is 17.2 Å². The van der Waals surface area contributed by atoms with Gasteiger partial charge in [-0.2, -0.15) is 0 Å². The van der Waals surface area contributed by atoms with E-state index in [0.29, 0.717) is 0 Å². The molecule has 0 unspecified atom stereocenters. The maximum absolute atomic E-state index is 7.11. The molecule has 0 fully saturated rings. The predicted octanol–water partition coefficient (Wildman–Crippen LogP) is 22.1. The monoisotopic (exact) mass is 941 g/mol. The van der Waals surface area contributed by atoms with Crippen LogP contribution in [0.25, 0.3) is 0 Å². The molecule has 3 nitrogen and oxygen atoms in total. The first kappa shape index (κ1) is 58.8. The van der Waals surface area contributed by atoms with E-state index in [1.807, 2.05) is 0 Å². The van der Waals surface area contributed by atoms with Crippen molar-refractivity contribution in [2.24, 2.45) is 0 Å². The Morgan fingerprint density at radius 3 is 0.791 bits per heavy atom. The predicted molar refractivity (Wildman–Crippen MR) is 297 cm³/mol. The average molecular weight is 942 g/mol. The van der Waals surface area contributed by atoms with Gasteiger partial charge in [0, 0.05) is 0 Å². The van der Waals surface area contributed by atoms with Crippen molar-refractivity contribution in [1.82, 2.24) is 0 Å². The zero-order valence-electron chi connectivity index (χ0n) is 46.6. The van der Waals surface area contributed by atoms with Crippen LogP contribution in [0.4, 0.5) is 0 Å². The normalized spacial score (nSPS) is 12.6. The van der Waals surface area contributed by atoms with Crippen molar-refractivity contribution in [3.05, 3.63) is 88.0 Å². The summed E-state index contributed by atoms with van der Waals surface area (Å²) in [7, 11) is -1.88. The van der Waals surface area contributed by atoms with Crippen LogP contribution in [-0.2, 0) is 16.2 Å². The molecule has 0 aliphatic rings. The molecule has 4 heteroatoms. The fourth-order valence-corrected chi connectivity index (χ4v) is 10.9. The summed E-state index contributed by atoms with van der Waals surface area (Å²) in [5, 5.41) is 0. The third-order valence-electron chi connectivity index (χ3n) is 15.0. The highest BCUT2D eigenvalue weighted by atomic mass is 31.2. The lowest BCUT2D eigenvalue weighted by atomic mass is 9.78. The molecule has 0 saturated carbocycles. The van der Waals surface area contributed by atoms with Gasteiger partial charge in [-0.05, 0) is 105 Å². The van der Waals surface area contributed by atoms with Gasteiger partial charge in [0.2, 0.25) is 0 Å². The van der Waals surface area contributed by atoms with E-state index in [9.17, 15) is 0 Å². The minimum Gasteiger partial charge on any atom is -0.408 e. The summed E-state index contributed by atoms with van der Waals surface area (Å²) in [5.41, 5.74) is 8.02. The van der Waals surface area contributed by atoms with E-state index in [1.165, 1.54) is 187 Å². The molecule has 0 radical (unpaired) electrons. The Hall–Kier alpha value is -2.51. The Labute approximate surface area is 417 Å². The van der Waals surface area contributed by atoms with Crippen molar-refractivity contribution < 1.29 is 13.6 Å². The molecule has 0 heterocycles. The average Bonchev–Trinajstić information content (AvgIpc) is 3.28. The second-order valence-corrected chi connectivity index (χ2v) is 24.5. The zero-order valence-corrected chi connectivity index (χ0v) is 47.5. The lowest BCUT2D eigenvalue weighted by Gasteiger charge is -2.29. The lowest BCUT2D eigenvalue weighted by Crippen LogP contribution is -2.18. The van der Waals surface area contributed by atoms with Gasteiger partial charge in [-0.3, -0.25) is 0 Å². The Balaban J connectivity index is 1.99. The Morgan fingerprint density at radius 1 is 0.343 bits per heavy atom. The molecule has 0 saturated heterocycles. The molecule has 0 atom stereocenters. The minimum absolute atomic E-state index is 0.0793. The third-order valence-corrected chi connectivity index (χ3v) is 16.0. The van der Waals surface area contributed by atoms with E-state index in [4.69, 9.17) is 13.6 Å². The first-order valence-corrected chi connectivity index (χ1v) is 29.2. The second kappa shape index (κ2) is 30.3. The summed E-state index contributed by atoms with van der Waals surface area (Å²) in [6, 6.07) is 20.8. The van der Waals surface area contributed by atoms with Crippen LogP contribution in [0.15, 0.2) is 54.6 Å². The van der Waals surface area contributed by atoms with Gasteiger partial charge in [0.25, 0.3) is 0 Å². The Bertz CT molecular complexity index is 1590. The quantitative estimate of drug-likeness (QED) is 0.0429. The van der Waals surface area contributed by atoms with Gasteiger partial charge in [0.15, 0.2) is 0 Å². The molecular formula is C63H105O3P. The largest absolute Gasteiger partial charge is 0.530 e. The maximum atomic E-state index is 7.11. The zero-order chi connectivity index (χ0) is 49.5. The van der Waals surface area contributed by atoms with Crippen LogP contribution in [0.5, 0.6) is 17.2 Å². The summed E-state index contributed by atoms with van der Waals surface area (Å²) >= 11 is 0. The van der Waals surface area contributed by atoms with Gasteiger partial charge in [-0.25, -0.2) is 0 Å². The fourth-order valence-electron chi connectivity index (χ4n) is 9.81. The molecule has 0 N–H and O–H groups in total. The second-order valence-electron chi connectivity index (χ2n) is 23.5. The van der Waals surface area contributed by atoms with Crippen LogP contribution in [0.1, 0.15) is 309 Å². The highest BCUT2D eigenvalue weighted by Gasteiger charge is 2.30. The first-order valence-electron chi connectivity index (χ1n) is 28.1. The topological polar surface area (TPSA) is 27.7 Å². The minimum atomic E-state index is -1.88. The van der Waals surface area contributed by atoms with Gasteiger partial charge in [-0.15, -0.1) is 0 Å². The summed E-state index contributed by atoms with van der Waals surface area (Å²) < 4.78 is 21.3. The summed E-state index contributed by atoms with van der Waals surface area (Å²) in [4.78, 5) is 0. The van der Waals surface area contributed by atoms with Crippen molar-refractivity contribution in [2.75, 3.05) is 0 Å². The van der Waals surface area contributed by atoms with Gasteiger partial charge in [0.05, 0.1) is 0 Å². The van der Waals surface area contributed by atoms with E-state index in [1.54, 1.807) is 0 Å². The Morgan fingerprint density at radius 2 is 0.567 bits per heavy atom. The van der Waals surface area contributed by atoms with Crippen molar-refractivity contribution in [3.8, 4) is 17.2 Å². The van der Waals surface area contributed by atoms with E-state index >= 15 is 0 Å². The number of hydrogen-bond acceptors (Lipinski definition) is 3. The van der Waals surface area contributed by atoms with Crippen molar-refractivity contribution in [3.63, 3.8) is 0 Å². The smallest absolute Gasteiger partial charge is 0.408 e. The van der Waals surface area contributed by atoms with Gasteiger partial charge in [-0.1, -0.05) is 275 Å². The molecule has 380 valence electrons. The van der Waals surface area contributed by atoms with Gasteiger partial charge in [0.1, 0.15) is 17.2 Å². The summed E-state index contributed by atoms with van der Waals surface area (Å²) in [6.45, 7) is 35.1. The van der Waals surface area contributed by atoms with Crippen LogP contribution in [0.3, 0.4) is 0 Å². The standard InChI is InChI=1S/C63H105O3P/c1-16-19-22-25-28-31-34-43-61(10,11)52-37-40-58(55(46-52)49(4)5)64-67(65-59-41-38-53(47-56(59)50(6)7)62(12,13)44-35-32-29-26-23-20-17-2)66-60-42-39-54(48-57(60)51(8)9)63(14,15)45-36-33-30-27-24-21-18-3/h37-42,46-51H,16-36,43-45H2,1-15H3. The third kappa shape index (κ3) is 20.4. The first-order chi connectivity index (χ1) is 31.9. The molecule has 0 amide bonds. The number of unbranched alkanes of at least 4 members (excludes halogenated alkanes) is 18. The highest BCUT2D eigenvalue weighted by Crippen LogP contribution is 2.49. The maximum Gasteiger partial charge on any atom is 0.530 e. The molecule has 67 heavy (non-hydrogen) atoms. The van der Waals surface area contributed by atoms with Crippen LogP contribution >= 0.6 is 8.60 Å². The SMILES string of the molecule is CCCCCCCCCC(C)(C)c1ccc(OP(Oc2ccc(C(C)(C)CCCCCCCCC)cc2C(C)C)Oc2ccc(C(C)(C)CCCCCCCCC)cc2C(C)C)c(C(C)C)c1. The molecule has 0 aliphatic heterocycles. The van der Waals surface area contributed by atoms with Crippen LogP contribution in [0, 0.1) is 0 Å². The molecule has 0 aromatic heterocycles. The van der Waals surface area contributed by atoms with E-state index in [-0.39, 0.29) is 34.0 Å². The van der Waals surface area contributed by atoms with Crippen molar-refractivity contribution in [2.45, 2.75) is 292 Å². The van der Waals surface area contributed by atoms with E-state index in [2.05, 4.69) is 158 Å². The van der Waals surface area contributed by atoms with Gasteiger partial charge >= 0.3 is 8.60 Å². The fraction of sp³-hybridized carbons (Fsp3) is 0.714. The number of benzene rings is 3. The molecule has 3 rings (SSSR count). The molecule has 0 bridgehead atoms.